The van der Waals surface area contributed by atoms with E-state index < -0.39 is 0 Å². The first-order chi connectivity index (χ1) is 8.28. The van der Waals surface area contributed by atoms with Gasteiger partial charge in [0.15, 0.2) is 0 Å². The summed E-state index contributed by atoms with van der Waals surface area (Å²) in [5, 5.41) is 0. The quantitative estimate of drug-likeness (QED) is 0.644. The first-order valence-corrected chi connectivity index (χ1v) is 6.06. The van der Waals surface area contributed by atoms with Crippen molar-refractivity contribution in [3.05, 3.63) is 71.8 Å². The van der Waals surface area contributed by atoms with Crippen LogP contribution in [0.15, 0.2) is 55.2 Å². The molecule has 0 heterocycles. The van der Waals surface area contributed by atoms with Crippen molar-refractivity contribution in [2.45, 2.75) is 18.3 Å². The average Bonchev–Trinajstić information content (AvgIpc) is 2.35. The van der Waals surface area contributed by atoms with E-state index in [1.807, 2.05) is 6.08 Å². The van der Waals surface area contributed by atoms with Gasteiger partial charge in [0.25, 0.3) is 0 Å². The van der Waals surface area contributed by atoms with E-state index in [-0.39, 0.29) is 5.41 Å². The van der Waals surface area contributed by atoms with E-state index in [1.165, 1.54) is 22.3 Å². The molecule has 0 spiro atoms. The van der Waals surface area contributed by atoms with Gasteiger partial charge in [0.1, 0.15) is 0 Å². The van der Waals surface area contributed by atoms with Crippen LogP contribution in [-0.2, 0) is 5.41 Å². The van der Waals surface area contributed by atoms with E-state index in [1.54, 1.807) is 0 Å². The van der Waals surface area contributed by atoms with Crippen molar-refractivity contribution in [1.29, 1.82) is 0 Å². The molecule has 3 rings (SSSR count). The standard InChI is InChI=1S/C17H16/c1-3-11-17-12-5-8-14-6-4-7-15(16(14)17)10-9-13(17)2/h3-10H,1-2,11-12H2. The third kappa shape index (κ3) is 1.30. The molecule has 0 saturated carbocycles. The summed E-state index contributed by atoms with van der Waals surface area (Å²) in [5.41, 5.74) is 5.37. The predicted octanol–water partition coefficient (Wildman–Crippen LogP) is 4.50. The molecule has 0 saturated heterocycles. The Kier molecular flexibility index (Phi) is 2.19. The maximum Gasteiger partial charge on any atom is 0.0277 e. The van der Waals surface area contributed by atoms with E-state index in [4.69, 9.17) is 0 Å². The summed E-state index contributed by atoms with van der Waals surface area (Å²) < 4.78 is 0. The smallest absolute Gasteiger partial charge is 0.0277 e. The minimum atomic E-state index is 0.0528. The van der Waals surface area contributed by atoms with Crippen LogP contribution in [0.25, 0.3) is 12.2 Å². The van der Waals surface area contributed by atoms with Crippen LogP contribution in [0.5, 0.6) is 0 Å². The second-order valence-corrected chi connectivity index (χ2v) is 4.85. The number of rotatable bonds is 2. The summed E-state index contributed by atoms with van der Waals surface area (Å²) >= 11 is 0. The fourth-order valence-electron chi connectivity index (χ4n) is 3.11. The van der Waals surface area contributed by atoms with Crippen LogP contribution in [0.4, 0.5) is 0 Å². The third-order valence-corrected chi connectivity index (χ3v) is 3.94. The SMILES string of the molecule is C=CCC12CC=Cc3cccc(c31)C=CC2=C. The van der Waals surface area contributed by atoms with Crippen molar-refractivity contribution in [1.82, 2.24) is 0 Å². The van der Waals surface area contributed by atoms with Gasteiger partial charge in [-0.2, -0.15) is 0 Å². The average molecular weight is 220 g/mol. The molecular weight excluding hydrogens is 204 g/mol. The van der Waals surface area contributed by atoms with Gasteiger partial charge in [-0.3, -0.25) is 0 Å². The minimum Gasteiger partial charge on any atom is -0.103 e. The van der Waals surface area contributed by atoms with Gasteiger partial charge < -0.3 is 0 Å². The number of allylic oxidation sites excluding steroid dienone is 4. The van der Waals surface area contributed by atoms with Crippen LogP contribution < -0.4 is 0 Å². The van der Waals surface area contributed by atoms with E-state index in [9.17, 15) is 0 Å². The largest absolute Gasteiger partial charge is 0.103 e. The number of hydrogen-bond donors (Lipinski definition) is 0. The van der Waals surface area contributed by atoms with Crippen LogP contribution >= 0.6 is 0 Å². The Morgan fingerprint density at radius 3 is 2.71 bits per heavy atom. The number of hydrogen-bond acceptors (Lipinski definition) is 0. The van der Waals surface area contributed by atoms with Crippen LogP contribution in [0.2, 0.25) is 0 Å². The van der Waals surface area contributed by atoms with Crippen molar-refractivity contribution < 1.29 is 0 Å². The fourth-order valence-corrected chi connectivity index (χ4v) is 3.11. The van der Waals surface area contributed by atoms with Crippen LogP contribution in [-0.4, -0.2) is 0 Å². The lowest BCUT2D eigenvalue weighted by atomic mass is 9.63. The van der Waals surface area contributed by atoms with Gasteiger partial charge in [0.2, 0.25) is 0 Å². The maximum absolute atomic E-state index is 4.26. The normalized spacial score (nSPS) is 24.6. The molecule has 0 aromatic heterocycles. The van der Waals surface area contributed by atoms with Crippen molar-refractivity contribution in [3.63, 3.8) is 0 Å². The van der Waals surface area contributed by atoms with Crippen molar-refractivity contribution in [2.75, 3.05) is 0 Å². The number of benzene rings is 1. The molecule has 0 N–H and O–H groups in total. The Labute approximate surface area is 103 Å². The topological polar surface area (TPSA) is 0 Å². The third-order valence-electron chi connectivity index (χ3n) is 3.94. The highest BCUT2D eigenvalue weighted by molar-refractivity contribution is 5.75. The molecule has 84 valence electrons. The molecule has 0 nitrogen and oxygen atoms in total. The Bertz CT molecular complexity index is 557. The highest BCUT2D eigenvalue weighted by atomic mass is 14.4. The summed E-state index contributed by atoms with van der Waals surface area (Å²) in [5.74, 6) is 0. The minimum absolute atomic E-state index is 0.0528. The molecule has 0 amide bonds. The van der Waals surface area contributed by atoms with Gasteiger partial charge in [-0.25, -0.2) is 0 Å². The Morgan fingerprint density at radius 2 is 1.94 bits per heavy atom. The molecule has 0 bridgehead atoms. The summed E-state index contributed by atoms with van der Waals surface area (Å²) in [6.07, 6.45) is 12.9. The maximum atomic E-state index is 4.26. The molecule has 1 atom stereocenters. The molecule has 0 radical (unpaired) electrons. The Morgan fingerprint density at radius 1 is 1.18 bits per heavy atom. The second kappa shape index (κ2) is 3.59. The zero-order valence-electron chi connectivity index (χ0n) is 9.95. The molecule has 0 heteroatoms. The molecule has 0 fully saturated rings. The first-order valence-electron chi connectivity index (χ1n) is 6.06. The van der Waals surface area contributed by atoms with Crippen molar-refractivity contribution in [3.8, 4) is 0 Å². The predicted molar refractivity (Wildman–Crippen MR) is 74.8 cm³/mol. The molecule has 2 aliphatic carbocycles. The van der Waals surface area contributed by atoms with Gasteiger partial charge >= 0.3 is 0 Å². The lowest BCUT2D eigenvalue weighted by Gasteiger charge is -2.40. The van der Waals surface area contributed by atoms with Crippen LogP contribution in [0.1, 0.15) is 29.5 Å². The monoisotopic (exact) mass is 220 g/mol. The molecule has 0 aliphatic heterocycles. The zero-order valence-corrected chi connectivity index (χ0v) is 9.95. The van der Waals surface area contributed by atoms with Gasteiger partial charge in [0, 0.05) is 5.41 Å². The molecule has 1 aromatic rings. The fraction of sp³-hybridized carbons (Fsp3) is 0.176. The van der Waals surface area contributed by atoms with Gasteiger partial charge in [-0.05, 0) is 35.1 Å². The van der Waals surface area contributed by atoms with E-state index in [0.29, 0.717) is 0 Å². The summed E-state index contributed by atoms with van der Waals surface area (Å²) in [6.45, 7) is 8.18. The summed E-state index contributed by atoms with van der Waals surface area (Å²) in [4.78, 5) is 0. The van der Waals surface area contributed by atoms with Crippen molar-refractivity contribution >= 4 is 12.2 Å². The molecule has 17 heavy (non-hydrogen) atoms. The van der Waals surface area contributed by atoms with Gasteiger partial charge in [-0.15, -0.1) is 6.58 Å². The summed E-state index contributed by atoms with van der Waals surface area (Å²) in [6, 6.07) is 6.51. The molecular formula is C17H16. The van der Waals surface area contributed by atoms with Crippen LogP contribution in [0.3, 0.4) is 0 Å². The van der Waals surface area contributed by atoms with E-state index in [2.05, 4.69) is 55.7 Å². The molecule has 2 aliphatic rings. The lowest BCUT2D eigenvalue weighted by molar-refractivity contribution is 0.520. The van der Waals surface area contributed by atoms with Crippen LogP contribution in [0, 0.1) is 0 Å². The highest BCUT2D eigenvalue weighted by Gasteiger charge is 2.38. The first kappa shape index (κ1) is 10.3. The van der Waals surface area contributed by atoms with E-state index in [0.717, 1.165) is 12.8 Å². The summed E-state index contributed by atoms with van der Waals surface area (Å²) in [7, 11) is 0. The molecule has 1 aromatic carbocycles. The van der Waals surface area contributed by atoms with Gasteiger partial charge in [-0.1, -0.05) is 55.2 Å². The van der Waals surface area contributed by atoms with E-state index >= 15 is 0 Å². The zero-order chi connectivity index (χ0) is 11.9. The Balaban J connectivity index is 2.33. The Hall–Kier alpha value is -1.82. The lowest BCUT2D eigenvalue weighted by Crippen LogP contribution is -2.31. The molecule has 1 unspecified atom stereocenters. The van der Waals surface area contributed by atoms with Crippen molar-refractivity contribution in [2.24, 2.45) is 0 Å². The van der Waals surface area contributed by atoms with Gasteiger partial charge in [0.05, 0.1) is 0 Å². The second-order valence-electron chi connectivity index (χ2n) is 4.85. The highest BCUT2D eigenvalue weighted by Crippen LogP contribution is 2.48.